The van der Waals surface area contributed by atoms with Crippen LogP contribution in [0.1, 0.15) is 0 Å². The summed E-state index contributed by atoms with van der Waals surface area (Å²) < 4.78 is 34.9. The number of rotatable bonds is 6. The van der Waals surface area contributed by atoms with E-state index in [0.29, 0.717) is 17.3 Å². The lowest BCUT2D eigenvalue weighted by atomic mass is 10.3. The van der Waals surface area contributed by atoms with Gasteiger partial charge in [-0.1, -0.05) is 18.2 Å². The Kier molecular flexibility index (Phi) is 4.73. The Balaban J connectivity index is 1.51. The van der Waals surface area contributed by atoms with Crippen LogP contribution in [-0.4, -0.2) is 28.2 Å². The number of nitrogens with one attached hydrogen (secondary N) is 1. The van der Waals surface area contributed by atoms with E-state index in [1.807, 2.05) is 30.3 Å². The molecule has 2 aromatic carbocycles. The lowest BCUT2D eigenvalue weighted by molar-refractivity contribution is 0.482. The van der Waals surface area contributed by atoms with Gasteiger partial charge in [0.15, 0.2) is 5.82 Å². The van der Waals surface area contributed by atoms with Crippen molar-refractivity contribution in [1.82, 2.24) is 19.7 Å². The van der Waals surface area contributed by atoms with Crippen LogP contribution in [0.25, 0.3) is 5.82 Å². The topological polar surface area (TPSA) is 99.0 Å². The van der Waals surface area contributed by atoms with Crippen LogP contribution in [0.2, 0.25) is 0 Å². The third-order valence-corrected chi connectivity index (χ3v) is 5.11. The molecule has 4 aromatic rings. The van der Waals surface area contributed by atoms with Gasteiger partial charge in [-0.3, -0.25) is 4.72 Å². The molecule has 0 atom stereocenters. The first-order valence-electron chi connectivity index (χ1n) is 8.28. The summed E-state index contributed by atoms with van der Waals surface area (Å²) in [5.74, 6) is 1.80. The van der Waals surface area contributed by atoms with Crippen molar-refractivity contribution in [2.24, 2.45) is 0 Å². The molecule has 1 N–H and O–H groups in total. The highest BCUT2D eigenvalue weighted by atomic mass is 32.2. The van der Waals surface area contributed by atoms with Gasteiger partial charge in [-0.15, -0.1) is 0 Å². The van der Waals surface area contributed by atoms with Crippen molar-refractivity contribution in [3.8, 4) is 17.3 Å². The van der Waals surface area contributed by atoms with E-state index >= 15 is 0 Å². The standard InChI is InChI=1S/C19H15N5O3S/c25-28(26,23-18-13-19(21-14-20-18)24-12-4-11-22-24)17-9-7-16(8-10-17)27-15-5-2-1-3-6-15/h1-14H,(H,20,21,23). The number of nitrogens with zero attached hydrogens (tertiary/aromatic N) is 4. The largest absolute Gasteiger partial charge is 0.457 e. The van der Waals surface area contributed by atoms with Crippen LogP contribution in [0, 0.1) is 0 Å². The van der Waals surface area contributed by atoms with Crippen LogP contribution >= 0.6 is 0 Å². The predicted octanol–water partition coefficient (Wildman–Crippen LogP) is 3.26. The van der Waals surface area contributed by atoms with E-state index in [1.165, 1.54) is 29.2 Å². The van der Waals surface area contributed by atoms with Crippen LogP contribution in [0.5, 0.6) is 11.5 Å². The molecule has 0 aliphatic rings. The van der Waals surface area contributed by atoms with Gasteiger partial charge in [0.1, 0.15) is 23.6 Å². The average molecular weight is 393 g/mol. The second-order valence-corrected chi connectivity index (χ2v) is 7.39. The van der Waals surface area contributed by atoms with Gasteiger partial charge in [0.05, 0.1) is 4.90 Å². The number of anilines is 1. The Morgan fingerprint density at radius 3 is 2.36 bits per heavy atom. The normalized spacial score (nSPS) is 11.1. The molecule has 0 saturated heterocycles. The number of benzene rings is 2. The molecular weight excluding hydrogens is 378 g/mol. The lowest BCUT2D eigenvalue weighted by Gasteiger charge is -2.09. The zero-order valence-corrected chi connectivity index (χ0v) is 15.3. The first kappa shape index (κ1) is 17.7. The predicted molar refractivity (Wildman–Crippen MR) is 103 cm³/mol. The summed E-state index contributed by atoms with van der Waals surface area (Å²) in [6, 6.07) is 18.6. The number of hydrogen-bond acceptors (Lipinski definition) is 6. The summed E-state index contributed by atoms with van der Waals surface area (Å²) >= 11 is 0. The number of aromatic nitrogens is 4. The second kappa shape index (κ2) is 7.49. The van der Waals surface area contributed by atoms with Crippen LogP contribution in [0.3, 0.4) is 0 Å². The molecule has 0 aliphatic carbocycles. The summed E-state index contributed by atoms with van der Waals surface area (Å²) in [6.45, 7) is 0. The van der Waals surface area contributed by atoms with Crippen LogP contribution in [-0.2, 0) is 10.0 Å². The Morgan fingerprint density at radius 1 is 0.893 bits per heavy atom. The molecule has 0 fully saturated rings. The molecule has 0 amide bonds. The molecule has 0 bridgehead atoms. The van der Waals surface area contributed by atoms with E-state index in [1.54, 1.807) is 30.6 Å². The molecule has 8 nitrogen and oxygen atoms in total. The highest BCUT2D eigenvalue weighted by Gasteiger charge is 2.16. The zero-order chi connectivity index (χ0) is 19.4. The molecule has 2 heterocycles. The molecule has 28 heavy (non-hydrogen) atoms. The van der Waals surface area contributed by atoms with E-state index < -0.39 is 10.0 Å². The molecule has 0 saturated carbocycles. The van der Waals surface area contributed by atoms with Crippen LogP contribution in [0.15, 0.2) is 90.3 Å². The zero-order valence-electron chi connectivity index (χ0n) is 14.5. The third-order valence-electron chi connectivity index (χ3n) is 3.74. The molecule has 4 rings (SSSR count). The van der Waals surface area contributed by atoms with E-state index in [2.05, 4.69) is 19.8 Å². The Morgan fingerprint density at radius 2 is 1.64 bits per heavy atom. The van der Waals surface area contributed by atoms with Crippen molar-refractivity contribution in [3.05, 3.63) is 85.5 Å². The summed E-state index contributed by atoms with van der Waals surface area (Å²) in [7, 11) is -3.81. The first-order valence-corrected chi connectivity index (χ1v) is 9.76. The van der Waals surface area contributed by atoms with E-state index in [0.717, 1.165) is 0 Å². The Labute approximate surface area is 161 Å². The maximum Gasteiger partial charge on any atom is 0.263 e. The van der Waals surface area contributed by atoms with Crippen molar-refractivity contribution < 1.29 is 13.2 Å². The maximum absolute atomic E-state index is 12.6. The summed E-state index contributed by atoms with van der Waals surface area (Å²) in [4.78, 5) is 8.13. The smallest absolute Gasteiger partial charge is 0.263 e. The maximum atomic E-state index is 12.6. The average Bonchev–Trinajstić information content (AvgIpc) is 3.24. The highest BCUT2D eigenvalue weighted by Crippen LogP contribution is 2.23. The molecule has 0 aliphatic heterocycles. The molecular formula is C19H15N5O3S. The monoisotopic (exact) mass is 393 g/mol. The van der Waals surface area contributed by atoms with Crippen molar-refractivity contribution in [3.63, 3.8) is 0 Å². The number of para-hydroxylation sites is 1. The number of ether oxygens (including phenoxy) is 1. The molecule has 2 aromatic heterocycles. The van der Waals surface area contributed by atoms with E-state index in [9.17, 15) is 8.42 Å². The van der Waals surface area contributed by atoms with Gasteiger partial charge in [0.2, 0.25) is 0 Å². The minimum Gasteiger partial charge on any atom is -0.457 e. The van der Waals surface area contributed by atoms with E-state index in [4.69, 9.17) is 4.74 Å². The van der Waals surface area contributed by atoms with Gasteiger partial charge < -0.3 is 4.74 Å². The first-order chi connectivity index (χ1) is 13.6. The highest BCUT2D eigenvalue weighted by molar-refractivity contribution is 7.92. The fourth-order valence-electron chi connectivity index (χ4n) is 2.44. The molecule has 140 valence electrons. The molecule has 9 heteroatoms. The summed E-state index contributed by atoms with van der Waals surface area (Å²) in [6.07, 6.45) is 4.57. The van der Waals surface area contributed by atoms with Gasteiger partial charge in [0, 0.05) is 18.5 Å². The summed E-state index contributed by atoms with van der Waals surface area (Å²) in [5, 5.41) is 4.06. The Hall–Kier alpha value is -3.72. The minimum atomic E-state index is -3.81. The molecule has 0 radical (unpaired) electrons. The molecule has 0 spiro atoms. The van der Waals surface area contributed by atoms with Crippen molar-refractivity contribution in [1.29, 1.82) is 0 Å². The SMILES string of the molecule is O=S(=O)(Nc1cc(-n2cccn2)ncn1)c1ccc(Oc2ccccc2)cc1. The quantitative estimate of drug-likeness (QED) is 0.540. The summed E-state index contributed by atoms with van der Waals surface area (Å²) in [5.41, 5.74) is 0. The van der Waals surface area contributed by atoms with Gasteiger partial charge >= 0.3 is 0 Å². The van der Waals surface area contributed by atoms with Gasteiger partial charge in [-0.25, -0.2) is 23.1 Å². The number of hydrogen-bond donors (Lipinski definition) is 1. The molecule has 0 unspecified atom stereocenters. The van der Waals surface area contributed by atoms with E-state index in [-0.39, 0.29) is 10.7 Å². The van der Waals surface area contributed by atoms with Crippen molar-refractivity contribution in [2.45, 2.75) is 4.90 Å². The van der Waals surface area contributed by atoms with Gasteiger partial charge in [-0.05, 0) is 42.5 Å². The van der Waals surface area contributed by atoms with Gasteiger partial charge in [0.25, 0.3) is 10.0 Å². The van der Waals surface area contributed by atoms with Crippen molar-refractivity contribution >= 4 is 15.8 Å². The minimum absolute atomic E-state index is 0.0900. The Bertz CT molecular complexity index is 1160. The van der Waals surface area contributed by atoms with Crippen molar-refractivity contribution in [2.75, 3.05) is 4.72 Å². The fourth-order valence-corrected chi connectivity index (χ4v) is 3.44. The fraction of sp³-hybridized carbons (Fsp3) is 0. The van der Waals surface area contributed by atoms with Crippen LogP contribution in [0.4, 0.5) is 5.82 Å². The lowest BCUT2D eigenvalue weighted by Crippen LogP contribution is -2.14. The van der Waals surface area contributed by atoms with Gasteiger partial charge in [-0.2, -0.15) is 5.10 Å². The third kappa shape index (κ3) is 3.99. The second-order valence-electron chi connectivity index (χ2n) is 5.70. The number of sulfonamides is 1. The van der Waals surface area contributed by atoms with Crippen LogP contribution < -0.4 is 9.46 Å².